The largest absolute Gasteiger partial charge is 0.478 e. The van der Waals surface area contributed by atoms with E-state index in [1.165, 1.54) is 6.08 Å². The highest BCUT2D eigenvalue weighted by molar-refractivity contribution is 9.10. The van der Waals surface area contributed by atoms with Gasteiger partial charge in [-0.1, -0.05) is 28.1 Å². The maximum absolute atomic E-state index is 10.4. The van der Waals surface area contributed by atoms with Gasteiger partial charge in [-0.2, -0.15) is 0 Å². The van der Waals surface area contributed by atoms with Crippen LogP contribution in [-0.4, -0.2) is 21.0 Å². The Labute approximate surface area is 106 Å². The number of halogens is 1. The van der Waals surface area contributed by atoms with Gasteiger partial charge in [0.15, 0.2) is 0 Å². The number of carboxylic acid groups (broad SMARTS) is 1. The second-order valence-corrected chi connectivity index (χ2v) is 4.28. The van der Waals surface area contributed by atoms with Crippen molar-refractivity contribution in [3.05, 3.63) is 46.7 Å². The molecule has 0 spiro atoms. The summed E-state index contributed by atoms with van der Waals surface area (Å²) >= 11 is 3.36. The first-order chi connectivity index (χ1) is 8.15. The summed E-state index contributed by atoms with van der Waals surface area (Å²) in [5, 5.41) is 8.50. The third-order valence-electron chi connectivity index (χ3n) is 2.12. The predicted molar refractivity (Wildman–Crippen MR) is 68.4 cm³/mol. The normalized spacial score (nSPS) is 10.9. The zero-order valence-corrected chi connectivity index (χ0v) is 10.3. The molecule has 0 atom stereocenters. The van der Waals surface area contributed by atoms with Crippen LogP contribution < -0.4 is 0 Å². The van der Waals surface area contributed by atoms with Crippen LogP contribution in [0.2, 0.25) is 0 Å². The fraction of sp³-hybridized carbons (Fsp3) is 0. The lowest BCUT2D eigenvalue weighted by Gasteiger charge is -1.96. The van der Waals surface area contributed by atoms with Gasteiger partial charge in [0, 0.05) is 16.1 Å². The van der Waals surface area contributed by atoms with E-state index in [1.807, 2.05) is 24.3 Å². The number of nitrogens with zero attached hydrogens (tertiary/aromatic N) is 1. The van der Waals surface area contributed by atoms with Gasteiger partial charge < -0.3 is 10.1 Å². The number of carboxylic acids is 1. The van der Waals surface area contributed by atoms with Gasteiger partial charge in [-0.15, -0.1) is 0 Å². The minimum Gasteiger partial charge on any atom is -0.478 e. The fourth-order valence-electron chi connectivity index (χ4n) is 1.34. The first kappa shape index (κ1) is 11.6. The molecular formula is C12H9BrN2O2. The average molecular weight is 293 g/mol. The van der Waals surface area contributed by atoms with Crippen molar-refractivity contribution in [2.24, 2.45) is 0 Å². The number of aliphatic carboxylic acids is 1. The Morgan fingerprint density at radius 2 is 2.06 bits per heavy atom. The van der Waals surface area contributed by atoms with Gasteiger partial charge in [-0.3, -0.25) is 0 Å². The molecule has 0 fully saturated rings. The molecular weight excluding hydrogens is 284 g/mol. The van der Waals surface area contributed by atoms with Crippen molar-refractivity contribution in [3.63, 3.8) is 0 Å². The smallest absolute Gasteiger partial charge is 0.328 e. The van der Waals surface area contributed by atoms with Gasteiger partial charge in [0.2, 0.25) is 0 Å². The second kappa shape index (κ2) is 4.97. The molecule has 0 aliphatic heterocycles. The number of aromatic nitrogens is 2. The maximum atomic E-state index is 10.4. The van der Waals surface area contributed by atoms with Crippen molar-refractivity contribution < 1.29 is 9.90 Å². The number of benzene rings is 1. The van der Waals surface area contributed by atoms with Crippen LogP contribution in [0.25, 0.3) is 17.5 Å². The summed E-state index contributed by atoms with van der Waals surface area (Å²) in [6.07, 6.45) is 4.13. The first-order valence-electron chi connectivity index (χ1n) is 4.87. The van der Waals surface area contributed by atoms with E-state index in [4.69, 9.17) is 5.11 Å². The molecule has 17 heavy (non-hydrogen) atoms. The highest BCUT2D eigenvalue weighted by atomic mass is 79.9. The van der Waals surface area contributed by atoms with Gasteiger partial charge >= 0.3 is 5.97 Å². The Bertz CT molecular complexity index is 558. The molecule has 2 aromatic rings. The van der Waals surface area contributed by atoms with Crippen molar-refractivity contribution in [2.75, 3.05) is 0 Å². The standard InChI is InChI=1S/C12H9BrN2O2/c13-9-3-1-8(2-4-9)12-14-7-10(15-12)5-6-11(16)17/h1-7H,(H,14,15)(H,16,17)/b6-5+. The number of hydrogen-bond donors (Lipinski definition) is 2. The summed E-state index contributed by atoms with van der Waals surface area (Å²) in [7, 11) is 0. The molecule has 1 heterocycles. The molecule has 4 nitrogen and oxygen atoms in total. The highest BCUT2D eigenvalue weighted by Crippen LogP contribution is 2.19. The number of rotatable bonds is 3. The van der Waals surface area contributed by atoms with E-state index in [0.717, 1.165) is 16.1 Å². The van der Waals surface area contributed by atoms with Gasteiger partial charge in [0.25, 0.3) is 0 Å². The van der Waals surface area contributed by atoms with E-state index in [9.17, 15) is 4.79 Å². The number of H-pyrrole nitrogens is 1. The Balaban J connectivity index is 2.23. The van der Waals surface area contributed by atoms with Crippen molar-refractivity contribution in [2.45, 2.75) is 0 Å². The summed E-state index contributed by atoms with van der Waals surface area (Å²) < 4.78 is 0.999. The molecule has 86 valence electrons. The van der Waals surface area contributed by atoms with Gasteiger partial charge in [-0.05, 0) is 18.2 Å². The molecule has 0 radical (unpaired) electrons. The van der Waals surface area contributed by atoms with Gasteiger partial charge in [0.1, 0.15) is 5.82 Å². The van der Waals surface area contributed by atoms with E-state index in [2.05, 4.69) is 25.9 Å². The van der Waals surface area contributed by atoms with Crippen LogP contribution in [0.5, 0.6) is 0 Å². The van der Waals surface area contributed by atoms with Crippen LogP contribution in [0.3, 0.4) is 0 Å². The molecule has 1 aromatic heterocycles. The minimum absolute atomic E-state index is 0.658. The van der Waals surface area contributed by atoms with Crippen LogP contribution in [0.1, 0.15) is 5.69 Å². The Morgan fingerprint density at radius 3 is 2.71 bits per heavy atom. The van der Waals surface area contributed by atoms with E-state index >= 15 is 0 Å². The van der Waals surface area contributed by atoms with E-state index < -0.39 is 5.97 Å². The molecule has 5 heteroatoms. The predicted octanol–water partition coefficient (Wildman–Crippen LogP) is 2.94. The quantitative estimate of drug-likeness (QED) is 0.855. The summed E-state index contributed by atoms with van der Waals surface area (Å²) in [5.41, 5.74) is 1.61. The molecule has 0 aliphatic carbocycles. The molecule has 0 unspecified atom stereocenters. The van der Waals surface area contributed by atoms with Gasteiger partial charge in [-0.25, -0.2) is 9.78 Å². The molecule has 0 saturated heterocycles. The Hall–Kier alpha value is -1.88. The van der Waals surface area contributed by atoms with Gasteiger partial charge in [0.05, 0.1) is 11.9 Å². The molecule has 0 aliphatic rings. The molecule has 1 aromatic carbocycles. The molecule has 2 rings (SSSR count). The SMILES string of the molecule is O=C(O)/C=C/c1cnc(-c2ccc(Br)cc2)[nH]1. The number of nitrogens with one attached hydrogen (secondary N) is 1. The van der Waals surface area contributed by atoms with Crippen molar-refractivity contribution in [1.29, 1.82) is 0 Å². The van der Waals surface area contributed by atoms with E-state index in [0.29, 0.717) is 11.5 Å². The highest BCUT2D eigenvalue weighted by Gasteiger charge is 2.01. The third kappa shape index (κ3) is 3.04. The lowest BCUT2D eigenvalue weighted by atomic mass is 10.2. The molecule has 2 N–H and O–H groups in total. The van der Waals surface area contributed by atoms with Crippen LogP contribution in [-0.2, 0) is 4.79 Å². The zero-order valence-electron chi connectivity index (χ0n) is 8.72. The monoisotopic (exact) mass is 292 g/mol. The fourth-order valence-corrected chi connectivity index (χ4v) is 1.60. The van der Waals surface area contributed by atoms with E-state index in [-0.39, 0.29) is 0 Å². The summed E-state index contributed by atoms with van der Waals surface area (Å²) in [6, 6.07) is 7.69. The minimum atomic E-state index is -0.982. The van der Waals surface area contributed by atoms with Crippen molar-refractivity contribution in [1.82, 2.24) is 9.97 Å². The topological polar surface area (TPSA) is 66.0 Å². The summed E-state index contributed by atoms with van der Waals surface area (Å²) in [4.78, 5) is 17.6. The van der Waals surface area contributed by atoms with Crippen LogP contribution in [0, 0.1) is 0 Å². The van der Waals surface area contributed by atoms with Crippen LogP contribution in [0.4, 0.5) is 0 Å². The van der Waals surface area contributed by atoms with Crippen molar-refractivity contribution >= 4 is 28.0 Å². The number of imidazole rings is 1. The summed E-state index contributed by atoms with van der Waals surface area (Å²) in [6.45, 7) is 0. The first-order valence-corrected chi connectivity index (χ1v) is 5.66. The zero-order chi connectivity index (χ0) is 12.3. The Kier molecular flexibility index (Phi) is 3.39. The Morgan fingerprint density at radius 1 is 1.35 bits per heavy atom. The molecule has 0 amide bonds. The lowest BCUT2D eigenvalue weighted by Crippen LogP contribution is -1.85. The summed E-state index contributed by atoms with van der Waals surface area (Å²) in [5.74, 6) is -0.271. The molecule has 0 bridgehead atoms. The van der Waals surface area contributed by atoms with Crippen molar-refractivity contribution in [3.8, 4) is 11.4 Å². The number of hydrogen-bond acceptors (Lipinski definition) is 2. The van der Waals surface area contributed by atoms with Crippen LogP contribution >= 0.6 is 15.9 Å². The molecule has 0 saturated carbocycles. The van der Waals surface area contributed by atoms with Crippen LogP contribution in [0.15, 0.2) is 41.0 Å². The maximum Gasteiger partial charge on any atom is 0.328 e. The van der Waals surface area contributed by atoms with E-state index in [1.54, 1.807) is 6.20 Å². The average Bonchev–Trinajstić information content (AvgIpc) is 2.76. The second-order valence-electron chi connectivity index (χ2n) is 3.37. The number of aromatic amines is 1. The lowest BCUT2D eigenvalue weighted by molar-refractivity contribution is -0.131. The number of carbonyl (C=O) groups is 1. The third-order valence-corrected chi connectivity index (χ3v) is 2.65.